The zero-order valence-electron chi connectivity index (χ0n) is 19.5. The maximum atomic E-state index is 13.3. The Morgan fingerprint density at radius 3 is 2.69 bits per heavy atom. The highest BCUT2D eigenvalue weighted by molar-refractivity contribution is 6.02. The first-order valence-electron chi connectivity index (χ1n) is 11.9. The van der Waals surface area contributed by atoms with Crippen LogP contribution in [0.5, 0.6) is 0 Å². The van der Waals surface area contributed by atoms with Gasteiger partial charge in [0.15, 0.2) is 0 Å². The van der Waals surface area contributed by atoms with Gasteiger partial charge in [0.2, 0.25) is 5.91 Å². The van der Waals surface area contributed by atoms with Crippen LogP contribution >= 0.6 is 0 Å². The van der Waals surface area contributed by atoms with Crippen LogP contribution in [0.2, 0.25) is 0 Å². The first-order valence-corrected chi connectivity index (χ1v) is 11.9. The van der Waals surface area contributed by atoms with Crippen molar-refractivity contribution in [2.45, 2.75) is 64.1 Å². The number of carbonyl (C=O) groups excluding carboxylic acids is 2. The van der Waals surface area contributed by atoms with Gasteiger partial charge in [-0.2, -0.15) is 0 Å². The third-order valence-corrected chi connectivity index (χ3v) is 6.78. The van der Waals surface area contributed by atoms with Crippen LogP contribution < -0.4 is 26.2 Å². The first-order chi connectivity index (χ1) is 15.4. The van der Waals surface area contributed by atoms with Crippen molar-refractivity contribution in [3.63, 3.8) is 0 Å². The van der Waals surface area contributed by atoms with E-state index in [2.05, 4.69) is 17.6 Å². The number of nitrogens with zero attached hydrogens (tertiary/aromatic N) is 2. The monoisotopic (exact) mass is 443 g/mol. The maximum Gasteiger partial charge on any atom is 0.414 e. The maximum absolute atomic E-state index is 13.3. The Morgan fingerprint density at radius 1 is 1.25 bits per heavy atom. The summed E-state index contributed by atoms with van der Waals surface area (Å²) in [4.78, 5) is 29.2. The Bertz CT molecular complexity index is 843. The molecule has 1 saturated carbocycles. The van der Waals surface area contributed by atoms with Gasteiger partial charge in [0.1, 0.15) is 6.10 Å². The van der Waals surface area contributed by atoms with Crippen LogP contribution in [0.15, 0.2) is 18.2 Å². The summed E-state index contributed by atoms with van der Waals surface area (Å²) in [6.45, 7) is 9.04. The summed E-state index contributed by atoms with van der Waals surface area (Å²) in [5.41, 5.74) is 8.64. The third kappa shape index (κ3) is 5.08. The zero-order chi connectivity index (χ0) is 22.8. The molecule has 4 rings (SSSR count). The van der Waals surface area contributed by atoms with Crippen molar-refractivity contribution in [2.75, 3.05) is 42.5 Å². The molecule has 1 saturated heterocycles. The van der Waals surface area contributed by atoms with Gasteiger partial charge in [-0.25, -0.2) is 4.79 Å². The molecule has 2 amide bonds. The number of carbonyl (C=O) groups is 2. The number of nitrogens with one attached hydrogen (secondary N) is 2. The molecular weight excluding hydrogens is 406 g/mol. The number of fused-ring (bicyclic) bond motifs is 1. The van der Waals surface area contributed by atoms with Gasteiger partial charge in [0.25, 0.3) is 0 Å². The van der Waals surface area contributed by atoms with E-state index in [0.717, 1.165) is 36.4 Å². The fraction of sp³-hybridized carbons (Fsp3) is 0.667. The SMILES string of the molecule is CC(=O)N1c2ccc(C(CN)CNC3CC3)cc2N(C(=O)OC2CNCC(C)C2)C[C@@H]1C. The van der Waals surface area contributed by atoms with Crippen LogP contribution in [0, 0.1) is 5.92 Å². The van der Waals surface area contributed by atoms with Gasteiger partial charge in [0.05, 0.1) is 17.4 Å². The zero-order valence-corrected chi connectivity index (χ0v) is 19.5. The van der Waals surface area contributed by atoms with E-state index >= 15 is 0 Å². The Kier molecular flexibility index (Phi) is 7.02. The molecule has 8 nitrogen and oxygen atoms in total. The van der Waals surface area contributed by atoms with E-state index in [0.29, 0.717) is 31.6 Å². The fourth-order valence-electron chi connectivity index (χ4n) is 4.88. The number of nitrogens with two attached hydrogens (primary N) is 1. The summed E-state index contributed by atoms with van der Waals surface area (Å²) >= 11 is 0. The topological polar surface area (TPSA) is 99.9 Å². The van der Waals surface area contributed by atoms with E-state index in [1.165, 1.54) is 12.8 Å². The van der Waals surface area contributed by atoms with Crippen molar-refractivity contribution in [2.24, 2.45) is 11.7 Å². The van der Waals surface area contributed by atoms with E-state index in [4.69, 9.17) is 10.5 Å². The van der Waals surface area contributed by atoms with Crippen LogP contribution in [0.1, 0.15) is 51.5 Å². The highest BCUT2D eigenvalue weighted by Gasteiger charge is 2.36. The van der Waals surface area contributed by atoms with Crippen molar-refractivity contribution < 1.29 is 14.3 Å². The lowest BCUT2D eigenvalue weighted by Crippen LogP contribution is -2.52. The molecule has 0 radical (unpaired) electrons. The molecule has 176 valence electrons. The minimum atomic E-state index is -0.347. The minimum Gasteiger partial charge on any atom is -0.444 e. The van der Waals surface area contributed by atoms with E-state index in [-0.39, 0.29) is 30.1 Å². The molecule has 0 bridgehead atoms. The van der Waals surface area contributed by atoms with Crippen molar-refractivity contribution in [3.05, 3.63) is 23.8 Å². The Morgan fingerprint density at radius 2 is 2.03 bits per heavy atom. The average molecular weight is 444 g/mol. The number of anilines is 2. The largest absolute Gasteiger partial charge is 0.444 e. The van der Waals surface area contributed by atoms with Gasteiger partial charge in [-0.15, -0.1) is 0 Å². The Balaban J connectivity index is 1.60. The summed E-state index contributed by atoms with van der Waals surface area (Å²) in [6.07, 6.45) is 2.82. The van der Waals surface area contributed by atoms with E-state index in [1.54, 1.807) is 16.7 Å². The van der Waals surface area contributed by atoms with Gasteiger partial charge >= 0.3 is 6.09 Å². The normalized spacial score (nSPS) is 26.4. The summed E-state index contributed by atoms with van der Waals surface area (Å²) < 4.78 is 5.90. The Labute approximate surface area is 190 Å². The standard InChI is InChI=1S/C24H37N5O3/c1-15-8-21(13-26-11-15)32-24(31)28-14-16(2)29(17(3)30)22-7-4-18(9-23(22)28)19(10-25)12-27-20-5-6-20/h4,7,9,15-16,19-21,26-27H,5-6,8,10-14,25H2,1-3H3/t15?,16-,19?,21?/m0/s1. The second-order valence-electron chi connectivity index (χ2n) is 9.72. The summed E-state index contributed by atoms with van der Waals surface area (Å²) in [5, 5.41) is 6.89. The number of hydrogen-bond acceptors (Lipinski definition) is 6. The number of piperidine rings is 1. The third-order valence-electron chi connectivity index (χ3n) is 6.78. The van der Waals surface area contributed by atoms with Gasteiger partial charge < -0.3 is 26.0 Å². The molecule has 32 heavy (non-hydrogen) atoms. The molecule has 2 heterocycles. The van der Waals surface area contributed by atoms with Crippen LogP contribution in [0.25, 0.3) is 0 Å². The molecule has 4 N–H and O–H groups in total. The summed E-state index contributed by atoms with van der Waals surface area (Å²) in [5.74, 6) is 0.584. The second-order valence-corrected chi connectivity index (χ2v) is 9.72. The number of ether oxygens (including phenoxy) is 1. The number of benzene rings is 1. The van der Waals surface area contributed by atoms with Crippen molar-refractivity contribution >= 4 is 23.4 Å². The molecule has 1 aromatic carbocycles. The van der Waals surface area contributed by atoms with Crippen LogP contribution in [0.3, 0.4) is 0 Å². The van der Waals surface area contributed by atoms with Crippen LogP contribution in [-0.4, -0.2) is 62.9 Å². The molecule has 0 spiro atoms. The van der Waals surface area contributed by atoms with Crippen LogP contribution in [0.4, 0.5) is 16.2 Å². The van der Waals surface area contributed by atoms with Gasteiger partial charge in [0, 0.05) is 45.1 Å². The molecule has 2 fully saturated rings. The summed E-state index contributed by atoms with van der Waals surface area (Å²) in [7, 11) is 0. The molecule has 2 aliphatic heterocycles. The second kappa shape index (κ2) is 9.77. The lowest BCUT2D eigenvalue weighted by Gasteiger charge is -2.41. The van der Waals surface area contributed by atoms with E-state index in [1.807, 2.05) is 25.1 Å². The molecule has 1 aliphatic carbocycles. The number of amides is 2. The Hall–Kier alpha value is -2.16. The van der Waals surface area contributed by atoms with Crippen LogP contribution in [-0.2, 0) is 9.53 Å². The van der Waals surface area contributed by atoms with Gasteiger partial charge in [-0.05, 0) is 56.3 Å². The molecular formula is C24H37N5O3. The molecule has 3 unspecified atom stereocenters. The smallest absolute Gasteiger partial charge is 0.414 e. The quantitative estimate of drug-likeness (QED) is 0.623. The van der Waals surface area contributed by atoms with E-state index < -0.39 is 0 Å². The minimum absolute atomic E-state index is 0.0319. The van der Waals surface area contributed by atoms with Gasteiger partial charge in [-0.3, -0.25) is 9.69 Å². The van der Waals surface area contributed by atoms with Crippen molar-refractivity contribution in [3.8, 4) is 0 Å². The lowest BCUT2D eigenvalue weighted by molar-refractivity contribution is -0.117. The molecule has 1 aromatic rings. The highest BCUT2D eigenvalue weighted by Crippen LogP contribution is 2.38. The molecule has 0 aromatic heterocycles. The van der Waals surface area contributed by atoms with E-state index in [9.17, 15) is 9.59 Å². The summed E-state index contributed by atoms with van der Waals surface area (Å²) in [6, 6.07) is 6.48. The number of hydrogen-bond donors (Lipinski definition) is 3. The lowest BCUT2D eigenvalue weighted by atomic mass is 9.96. The fourth-order valence-corrected chi connectivity index (χ4v) is 4.88. The predicted octanol–water partition coefficient (Wildman–Crippen LogP) is 2.18. The average Bonchev–Trinajstić information content (AvgIpc) is 3.57. The first kappa shape index (κ1) is 23.0. The molecule has 4 atom stereocenters. The number of rotatable bonds is 6. The van der Waals surface area contributed by atoms with Gasteiger partial charge in [-0.1, -0.05) is 13.0 Å². The highest BCUT2D eigenvalue weighted by atomic mass is 16.6. The molecule has 8 heteroatoms. The van der Waals surface area contributed by atoms with Crippen molar-refractivity contribution in [1.29, 1.82) is 0 Å². The molecule has 3 aliphatic rings. The predicted molar refractivity (Wildman–Crippen MR) is 126 cm³/mol. The van der Waals surface area contributed by atoms with Crippen molar-refractivity contribution in [1.82, 2.24) is 10.6 Å².